The van der Waals surface area contributed by atoms with Crippen molar-refractivity contribution >= 4 is 0 Å². The molecule has 0 amide bonds. The molecule has 0 aromatic rings. The monoisotopic (exact) mass is 148 g/mol. The zero-order valence-corrected chi connectivity index (χ0v) is 6.12. The second-order valence-electron chi connectivity index (χ2n) is 1.93. The zero-order valence-electron chi connectivity index (χ0n) is 6.12. The molecule has 56 valence electrons. The van der Waals surface area contributed by atoms with Gasteiger partial charge >= 0.3 is 0 Å². The Morgan fingerprint density at radius 1 is 0.909 bits per heavy atom. The molecule has 0 heterocycles. The zero-order chi connectivity index (χ0) is 8.53. The number of hydrogen-bond donors (Lipinski definition) is 0. The molecule has 0 saturated heterocycles. The van der Waals surface area contributed by atoms with Crippen LogP contribution in [0.4, 0.5) is 0 Å². The fraction of sp³-hybridized carbons (Fsp3) is 0.571. The number of rotatable bonds is 4. The van der Waals surface area contributed by atoms with Crippen LogP contribution >= 0.6 is 0 Å². The molecule has 0 bridgehead atoms. The molecule has 0 saturated carbocycles. The lowest BCUT2D eigenvalue weighted by atomic mass is 10.4. The first-order valence-corrected chi connectivity index (χ1v) is 3.18. The average molecular weight is 148 g/mol. The van der Waals surface area contributed by atoms with Gasteiger partial charge in [0, 0.05) is 13.0 Å². The average Bonchev–Trinajstić information content (AvgIpc) is 2.01. The molecular weight excluding hydrogens is 140 g/mol. The summed E-state index contributed by atoms with van der Waals surface area (Å²) in [6, 6.07) is 5.81. The van der Waals surface area contributed by atoms with Crippen molar-refractivity contribution in [3.8, 4) is 18.2 Å². The van der Waals surface area contributed by atoms with E-state index < -0.39 is 0 Å². The molecule has 0 rings (SSSR count). The van der Waals surface area contributed by atoms with Crippen molar-refractivity contribution < 1.29 is 0 Å². The van der Waals surface area contributed by atoms with Gasteiger partial charge in [-0.15, -0.1) is 0 Å². The maximum Gasteiger partial charge on any atom is 0.0874 e. The molecule has 11 heavy (non-hydrogen) atoms. The Morgan fingerprint density at radius 2 is 1.45 bits per heavy atom. The fourth-order valence-corrected chi connectivity index (χ4v) is 0.622. The highest BCUT2D eigenvalue weighted by Gasteiger charge is 2.00. The van der Waals surface area contributed by atoms with Crippen molar-refractivity contribution in [3.05, 3.63) is 0 Å². The van der Waals surface area contributed by atoms with Gasteiger partial charge in [-0.2, -0.15) is 15.8 Å². The second kappa shape index (κ2) is 6.55. The predicted octanol–water partition coefficient (Wildman–Crippen LogP) is 0.249. The van der Waals surface area contributed by atoms with Crippen molar-refractivity contribution in [1.82, 2.24) is 4.90 Å². The van der Waals surface area contributed by atoms with Crippen LogP contribution in [-0.2, 0) is 0 Å². The van der Waals surface area contributed by atoms with Crippen LogP contribution in [0.3, 0.4) is 0 Å². The van der Waals surface area contributed by atoms with E-state index in [0.717, 1.165) is 0 Å². The lowest BCUT2D eigenvalue weighted by molar-refractivity contribution is 0.351. The molecule has 0 aromatic carbocycles. The van der Waals surface area contributed by atoms with Crippen molar-refractivity contribution in [2.75, 3.05) is 19.6 Å². The van der Waals surface area contributed by atoms with Crippen LogP contribution in [0.1, 0.15) is 6.42 Å². The minimum absolute atomic E-state index is 0.218. The summed E-state index contributed by atoms with van der Waals surface area (Å²) in [5.74, 6) is 0. The molecule has 0 N–H and O–H groups in total. The van der Waals surface area contributed by atoms with Crippen molar-refractivity contribution in [2.45, 2.75) is 6.42 Å². The van der Waals surface area contributed by atoms with Crippen LogP contribution in [0, 0.1) is 34.0 Å². The highest BCUT2D eigenvalue weighted by Crippen LogP contribution is 1.88. The molecule has 0 aliphatic carbocycles. The number of nitriles is 3. The maximum atomic E-state index is 8.28. The molecule has 0 radical (unpaired) electrons. The van der Waals surface area contributed by atoms with E-state index in [1.165, 1.54) is 0 Å². The summed E-state index contributed by atoms with van der Waals surface area (Å²) >= 11 is 0. The van der Waals surface area contributed by atoms with Gasteiger partial charge in [-0.25, -0.2) is 0 Å². The molecule has 0 aromatic heterocycles. The Labute approximate surface area is 65.9 Å². The standard InChI is InChI=1S/C7H8N4/c8-2-1-5-11(6-3-9)7-4-10/h1,5-7H2. The third-order valence-corrected chi connectivity index (χ3v) is 1.13. The van der Waals surface area contributed by atoms with Crippen LogP contribution in [0.15, 0.2) is 0 Å². The first-order chi connectivity index (χ1) is 5.35. The van der Waals surface area contributed by atoms with Gasteiger partial charge in [0.15, 0.2) is 0 Å². The third-order valence-electron chi connectivity index (χ3n) is 1.13. The molecular formula is C7H8N4. The normalized spacial score (nSPS) is 8.18. The summed E-state index contributed by atoms with van der Waals surface area (Å²) < 4.78 is 0. The highest BCUT2D eigenvalue weighted by molar-refractivity contribution is 4.85. The number of nitrogens with zero attached hydrogens (tertiary/aromatic N) is 4. The van der Waals surface area contributed by atoms with E-state index >= 15 is 0 Å². The van der Waals surface area contributed by atoms with Gasteiger partial charge in [-0.3, -0.25) is 4.90 Å². The van der Waals surface area contributed by atoms with Crippen molar-refractivity contribution in [2.24, 2.45) is 0 Å². The van der Waals surface area contributed by atoms with Crippen LogP contribution < -0.4 is 0 Å². The van der Waals surface area contributed by atoms with Gasteiger partial charge in [0.05, 0.1) is 31.3 Å². The van der Waals surface area contributed by atoms with Gasteiger partial charge in [0.1, 0.15) is 0 Å². The summed E-state index contributed by atoms with van der Waals surface area (Å²) in [5, 5.41) is 24.8. The summed E-state index contributed by atoms with van der Waals surface area (Å²) in [5.41, 5.74) is 0. The molecule has 0 aliphatic rings. The Balaban J connectivity index is 3.65. The smallest absolute Gasteiger partial charge is 0.0874 e. The van der Waals surface area contributed by atoms with E-state index in [1.807, 2.05) is 18.2 Å². The van der Waals surface area contributed by atoms with Gasteiger partial charge < -0.3 is 0 Å². The van der Waals surface area contributed by atoms with Crippen molar-refractivity contribution in [3.63, 3.8) is 0 Å². The Hall–Kier alpha value is -1.57. The second-order valence-corrected chi connectivity index (χ2v) is 1.93. The lowest BCUT2D eigenvalue weighted by Gasteiger charge is -2.11. The van der Waals surface area contributed by atoms with E-state index in [-0.39, 0.29) is 13.1 Å². The minimum Gasteiger partial charge on any atom is -0.276 e. The van der Waals surface area contributed by atoms with Crippen LogP contribution in [0.5, 0.6) is 0 Å². The minimum atomic E-state index is 0.218. The Bertz CT molecular complexity index is 198. The maximum absolute atomic E-state index is 8.28. The van der Waals surface area contributed by atoms with Gasteiger partial charge in [0.25, 0.3) is 0 Å². The largest absolute Gasteiger partial charge is 0.276 e. The molecule has 0 fully saturated rings. The van der Waals surface area contributed by atoms with E-state index in [0.29, 0.717) is 13.0 Å². The highest BCUT2D eigenvalue weighted by atomic mass is 15.1. The quantitative estimate of drug-likeness (QED) is 0.535. The molecule has 0 aliphatic heterocycles. The van der Waals surface area contributed by atoms with E-state index in [2.05, 4.69) is 0 Å². The summed E-state index contributed by atoms with van der Waals surface area (Å²) in [4.78, 5) is 1.63. The predicted molar refractivity (Wildman–Crippen MR) is 37.9 cm³/mol. The Kier molecular flexibility index (Phi) is 5.61. The molecule has 4 nitrogen and oxygen atoms in total. The molecule has 0 spiro atoms. The first-order valence-electron chi connectivity index (χ1n) is 3.18. The van der Waals surface area contributed by atoms with Gasteiger partial charge in [-0.1, -0.05) is 0 Å². The summed E-state index contributed by atoms with van der Waals surface area (Å²) in [6.45, 7) is 0.933. The lowest BCUT2D eigenvalue weighted by Crippen LogP contribution is -2.25. The summed E-state index contributed by atoms with van der Waals surface area (Å²) in [6.07, 6.45) is 0.364. The van der Waals surface area contributed by atoms with Crippen LogP contribution in [0.2, 0.25) is 0 Å². The molecule has 0 atom stereocenters. The van der Waals surface area contributed by atoms with E-state index in [9.17, 15) is 0 Å². The van der Waals surface area contributed by atoms with Gasteiger partial charge in [0.2, 0.25) is 0 Å². The number of hydrogen-bond acceptors (Lipinski definition) is 4. The molecule has 4 heteroatoms. The SMILES string of the molecule is N#CCCN(CC#N)CC#N. The molecule has 0 unspecified atom stereocenters. The third kappa shape index (κ3) is 4.90. The Morgan fingerprint density at radius 3 is 1.82 bits per heavy atom. The van der Waals surface area contributed by atoms with E-state index in [1.54, 1.807) is 4.90 Å². The van der Waals surface area contributed by atoms with Gasteiger partial charge in [-0.05, 0) is 0 Å². The van der Waals surface area contributed by atoms with E-state index in [4.69, 9.17) is 15.8 Å². The van der Waals surface area contributed by atoms with Crippen LogP contribution in [0.25, 0.3) is 0 Å². The topological polar surface area (TPSA) is 74.6 Å². The van der Waals surface area contributed by atoms with Crippen LogP contribution in [-0.4, -0.2) is 24.5 Å². The summed E-state index contributed by atoms with van der Waals surface area (Å²) in [7, 11) is 0. The first kappa shape index (κ1) is 9.43. The van der Waals surface area contributed by atoms with Crippen molar-refractivity contribution in [1.29, 1.82) is 15.8 Å². The fourth-order valence-electron chi connectivity index (χ4n) is 0.622.